The summed E-state index contributed by atoms with van der Waals surface area (Å²) in [5, 5.41) is 10.8. The lowest BCUT2D eigenvalue weighted by Crippen LogP contribution is -2.45. The highest BCUT2D eigenvalue weighted by Gasteiger charge is 2.32. The van der Waals surface area contributed by atoms with E-state index in [9.17, 15) is 9.90 Å². The van der Waals surface area contributed by atoms with E-state index in [1.54, 1.807) is 4.90 Å². The number of rotatable bonds is 3. The zero-order valence-electron chi connectivity index (χ0n) is 16.7. The number of carbonyl (C=O) groups is 1. The number of ether oxygens (including phenoxy) is 2. The first kappa shape index (κ1) is 18.8. The summed E-state index contributed by atoms with van der Waals surface area (Å²) in [5.74, 6) is 2.98. The van der Waals surface area contributed by atoms with E-state index in [-0.39, 0.29) is 18.6 Å². The fourth-order valence-corrected chi connectivity index (χ4v) is 4.20. The fraction of sp³-hybridized carbons (Fsp3) is 0.292. The zero-order valence-corrected chi connectivity index (χ0v) is 16.7. The Hall–Kier alpha value is -3.25. The lowest BCUT2D eigenvalue weighted by atomic mass is 9.86. The molecule has 2 atom stereocenters. The van der Waals surface area contributed by atoms with Crippen LogP contribution in [0.2, 0.25) is 0 Å². The molecule has 1 N–H and O–H groups in total. The number of β-amino-alcohol motifs (C(OH)–C–C–N with tert-alkyl or cyclic N) is 1. The third kappa shape index (κ3) is 3.44. The van der Waals surface area contributed by atoms with Gasteiger partial charge in [0.05, 0.1) is 6.10 Å². The van der Waals surface area contributed by atoms with Crippen molar-refractivity contribution in [2.24, 2.45) is 0 Å². The number of amides is 1. The molecule has 6 heteroatoms. The number of carbonyl (C=O) groups excluding carboxylic acids is 1. The molecule has 0 aliphatic carbocycles. The van der Waals surface area contributed by atoms with Gasteiger partial charge in [0.1, 0.15) is 11.5 Å². The molecule has 0 bridgehead atoms. The van der Waals surface area contributed by atoms with Gasteiger partial charge in [0, 0.05) is 30.1 Å². The van der Waals surface area contributed by atoms with E-state index in [0.717, 1.165) is 28.4 Å². The van der Waals surface area contributed by atoms with Crippen LogP contribution in [0.1, 0.15) is 34.0 Å². The molecule has 2 aliphatic heterocycles. The second-order valence-corrected chi connectivity index (χ2v) is 7.81. The van der Waals surface area contributed by atoms with E-state index in [1.807, 2.05) is 61.5 Å². The molecule has 1 saturated heterocycles. The molecule has 1 aromatic heterocycles. The molecule has 0 unspecified atom stereocenters. The largest absolute Gasteiger partial charge is 0.461 e. The lowest BCUT2D eigenvalue weighted by molar-refractivity contribution is 0.0381. The van der Waals surface area contributed by atoms with Crippen LogP contribution in [0.4, 0.5) is 0 Å². The number of likely N-dealkylation sites (tertiary alicyclic amines) is 1. The van der Waals surface area contributed by atoms with E-state index >= 15 is 0 Å². The molecule has 0 spiro atoms. The van der Waals surface area contributed by atoms with Gasteiger partial charge in [-0.15, -0.1) is 0 Å². The van der Waals surface area contributed by atoms with Gasteiger partial charge >= 0.3 is 0 Å². The van der Waals surface area contributed by atoms with Crippen LogP contribution in [0.15, 0.2) is 59.0 Å². The molecular formula is C24H23NO5. The Morgan fingerprint density at radius 2 is 1.83 bits per heavy atom. The molecule has 30 heavy (non-hydrogen) atoms. The molecular weight excluding hydrogens is 382 g/mol. The minimum Gasteiger partial charge on any atom is -0.461 e. The summed E-state index contributed by atoms with van der Waals surface area (Å²) >= 11 is 0. The van der Waals surface area contributed by atoms with Gasteiger partial charge in [-0.2, -0.15) is 0 Å². The van der Waals surface area contributed by atoms with Gasteiger partial charge in [-0.25, -0.2) is 0 Å². The first-order valence-corrected chi connectivity index (χ1v) is 10.1. The van der Waals surface area contributed by atoms with Gasteiger partial charge in [-0.05, 0) is 55.3 Å². The van der Waals surface area contributed by atoms with E-state index in [2.05, 4.69) is 0 Å². The minimum absolute atomic E-state index is 0.0341. The van der Waals surface area contributed by atoms with Crippen LogP contribution in [-0.4, -0.2) is 41.9 Å². The third-order valence-corrected chi connectivity index (χ3v) is 5.85. The highest BCUT2D eigenvalue weighted by atomic mass is 16.7. The maximum atomic E-state index is 12.9. The van der Waals surface area contributed by atoms with Gasteiger partial charge in [0.25, 0.3) is 5.91 Å². The van der Waals surface area contributed by atoms with Gasteiger partial charge in [-0.3, -0.25) is 4.79 Å². The maximum absolute atomic E-state index is 12.9. The number of hydrogen-bond acceptors (Lipinski definition) is 5. The molecule has 0 saturated carbocycles. The Labute approximate surface area is 174 Å². The van der Waals surface area contributed by atoms with Crippen molar-refractivity contribution >= 4 is 5.91 Å². The standard InChI is InChI=1S/C24H23NO5/c1-15-2-8-21(30-15)16-3-5-17(6-4-16)24(27)25-11-10-19(20(26)13-25)18-7-9-22-23(12-18)29-14-28-22/h2-9,12,19-20,26H,10-11,13-14H2,1H3/t19-,20+/m0/s1. The average molecular weight is 405 g/mol. The predicted molar refractivity (Wildman–Crippen MR) is 111 cm³/mol. The predicted octanol–water partition coefficient (Wildman–Crippen LogP) is 3.97. The summed E-state index contributed by atoms with van der Waals surface area (Å²) in [5.41, 5.74) is 2.55. The second-order valence-electron chi connectivity index (χ2n) is 7.81. The fourth-order valence-electron chi connectivity index (χ4n) is 4.20. The van der Waals surface area contributed by atoms with E-state index in [4.69, 9.17) is 13.9 Å². The number of fused-ring (bicyclic) bond motifs is 1. The highest BCUT2D eigenvalue weighted by molar-refractivity contribution is 5.94. The van der Waals surface area contributed by atoms with E-state index in [1.165, 1.54) is 0 Å². The summed E-state index contributed by atoms with van der Waals surface area (Å²) in [7, 11) is 0. The Kier molecular flexibility index (Phi) is 4.71. The van der Waals surface area contributed by atoms with Crippen molar-refractivity contribution < 1.29 is 23.8 Å². The molecule has 2 aromatic carbocycles. The van der Waals surface area contributed by atoms with Crippen molar-refractivity contribution in [3.8, 4) is 22.8 Å². The summed E-state index contributed by atoms with van der Waals surface area (Å²) in [6, 6.07) is 17.0. The molecule has 154 valence electrons. The summed E-state index contributed by atoms with van der Waals surface area (Å²) < 4.78 is 16.4. The average Bonchev–Trinajstić information content (AvgIpc) is 3.41. The minimum atomic E-state index is -0.631. The molecule has 3 heterocycles. The summed E-state index contributed by atoms with van der Waals surface area (Å²) in [6.07, 6.45) is 0.0597. The van der Waals surface area contributed by atoms with Crippen LogP contribution in [-0.2, 0) is 0 Å². The SMILES string of the molecule is Cc1ccc(-c2ccc(C(=O)N3CC[C@@H](c4ccc5c(c4)OCO5)[C@H](O)C3)cc2)o1. The Bertz CT molecular complexity index is 1070. The van der Waals surface area contributed by atoms with Crippen LogP contribution in [0.25, 0.3) is 11.3 Å². The molecule has 2 aliphatic rings. The smallest absolute Gasteiger partial charge is 0.253 e. The van der Waals surface area contributed by atoms with Gasteiger partial charge in [0.15, 0.2) is 11.5 Å². The number of piperidine rings is 1. The van der Waals surface area contributed by atoms with Crippen LogP contribution in [0.3, 0.4) is 0 Å². The van der Waals surface area contributed by atoms with Crippen molar-refractivity contribution in [2.45, 2.75) is 25.4 Å². The third-order valence-electron chi connectivity index (χ3n) is 5.85. The number of nitrogens with zero attached hydrogens (tertiary/aromatic N) is 1. The van der Waals surface area contributed by atoms with Crippen molar-refractivity contribution in [2.75, 3.05) is 19.9 Å². The Morgan fingerprint density at radius 3 is 2.57 bits per heavy atom. The molecule has 1 amide bonds. The lowest BCUT2D eigenvalue weighted by Gasteiger charge is -2.36. The number of hydrogen-bond donors (Lipinski definition) is 1. The molecule has 3 aromatic rings. The molecule has 5 rings (SSSR count). The number of furan rings is 1. The molecule has 6 nitrogen and oxygen atoms in total. The first-order valence-electron chi connectivity index (χ1n) is 10.1. The normalized spacial score (nSPS) is 20.4. The van der Waals surface area contributed by atoms with Gasteiger partial charge in [-0.1, -0.05) is 18.2 Å². The monoisotopic (exact) mass is 405 g/mol. The van der Waals surface area contributed by atoms with Crippen molar-refractivity contribution in [3.63, 3.8) is 0 Å². The van der Waals surface area contributed by atoms with Crippen molar-refractivity contribution in [1.29, 1.82) is 0 Å². The number of aliphatic hydroxyl groups excluding tert-OH is 1. The summed E-state index contributed by atoms with van der Waals surface area (Å²) in [6.45, 7) is 3.03. The molecule has 1 fully saturated rings. The van der Waals surface area contributed by atoms with Crippen molar-refractivity contribution in [3.05, 3.63) is 71.5 Å². The van der Waals surface area contributed by atoms with Gasteiger partial charge in [0.2, 0.25) is 6.79 Å². The number of aryl methyl sites for hydroxylation is 1. The quantitative estimate of drug-likeness (QED) is 0.714. The van der Waals surface area contributed by atoms with Crippen LogP contribution >= 0.6 is 0 Å². The first-order chi connectivity index (χ1) is 14.6. The maximum Gasteiger partial charge on any atom is 0.253 e. The van der Waals surface area contributed by atoms with E-state index in [0.29, 0.717) is 30.8 Å². The van der Waals surface area contributed by atoms with Crippen molar-refractivity contribution in [1.82, 2.24) is 4.90 Å². The second kappa shape index (κ2) is 7.54. The van der Waals surface area contributed by atoms with E-state index < -0.39 is 6.10 Å². The number of benzene rings is 2. The zero-order chi connectivity index (χ0) is 20.7. The number of aliphatic hydroxyl groups is 1. The Balaban J connectivity index is 1.27. The van der Waals surface area contributed by atoms with Crippen LogP contribution < -0.4 is 9.47 Å². The summed E-state index contributed by atoms with van der Waals surface area (Å²) in [4.78, 5) is 14.7. The van der Waals surface area contributed by atoms with Gasteiger partial charge < -0.3 is 23.9 Å². The Morgan fingerprint density at radius 1 is 1.03 bits per heavy atom. The van der Waals surface area contributed by atoms with Crippen LogP contribution in [0, 0.1) is 6.92 Å². The van der Waals surface area contributed by atoms with Crippen LogP contribution in [0.5, 0.6) is 11.5 Å². The topological polar surface area (TPSA) is 72.1 Å². The molecule has 0 radical (unpaired) electrons. The highest BCUT2D eigenvalue weighted by Crippen LogP contribution is 2.37.